The Morgan fingerprint density at radius 2 is 1.95 bits per heavy atom. The summed E-state index contributed by atoms with van der Waals surface area (Å²) in [6, 6.07) is 0.142. The number of carbonyl (C=O) groups excluding carboxylic acids is 1. The molecular weight excluding hydrogens is 261 g/mol. The van der Waals surface area contributed by atoms with Crippen molar-refractivity contribution < 1.29 is 13.9 Å². The second kappa shape index (κ2) is 6.72. The largest absolute Gasteiger partial charge is 0.444 e. The van der Waals surface area contributed by atoms with Crippen LogP contribution in [0.3, 0.4) is 0 Å². The highest BCUT2D eigenvalue weighted by molar-refractivity contribution is 5.95. The minimum atomic E-state index is -0.538. The van der Waals surface area contributed by atoms with Gasteiger partial charge in [0.1, 0.15) is 11.4 Å². The molecule has 0 aliphatic carbocycles. The smallest absolute Gasteiger partial charge is 0.410 e. The summed E-state index contributed by atoms with van der Waals surface area (Å²) in [7, 11) is 0. The molecule has 6 heteroatoms. The molecular formula is C14H24FN3O2. The van der Waals surface area contributed by atoms with Crippen LogP contribution in [0.15, 0.2) is 17.5 Å². The minimum Gasteiger partial charge on any atom is -0.444 e. The van der Waals surface area contributed by atoms with Crippen LogP contribution in [0.25, 0.3) is 0 Å². The number of nitrogens with one attached hydrogen (secondary N) is 1. The quantitative estimate of drug-likeness (QED) is 0.641. The fraction of sp³-hybridized carbons (Fsp3) is 0.714. The van der Waals surface area contributed by atoms with Crippen LogP contribution >= 0.6 is 0 Å². The number of halogens is 1. The molecule has 0 saturated carbocycles. The van der Waals surface area contributed by atoms with Gasteiger partial charge in [0.2, 0.25) is 0 Å². The molecule has 0 atom stereocenters. The van der Waals surface area contributed by atoms with Gasteiger partial charge in [-0.15, -0.1) is 0 Å². The van der Waals surface area contributed by atoms with E-state index in [1.165, 1.54) is 0 Å². The van der Waals surface area contributed by atoms with Crippen LogP contribution in [0.2, 0.25) is 0 Å². The molecule has 1 saturated heterocycles. The lowest BCUT2D eigenvalue weighted by Gasteiger charge is -2.33. The Balaban J connectivity index is 2.39. The highest BCUT2D eigenvalue weighted by Gasteiger charge is 2.26. The van der Waals surface area contributed by atoms with E-state index in [1.807, 2.05) is 20.8 Å². The fourth-order valence-electron chi connectivity index (χ4n) is 1.77. The van der Waals surface area contributed by atoms with Gasteiger partial charge in [0, 0.05) is 19.1 Å². The maximum absolute atomic E-state index is 12.7. The van der Waals surface area contributed by atoms with Gasteiger partial charge in [0.15, 0.2) is 0 Å². The summed E-state index contributed by atoms with van der Waals surface area (Å²) in [5.41, 5.74) is 2.69. The summed E-state index contributed by atoms with van der Waals surface area (Å²) in [6.07, 6.45) is 1.23. The zero-order valence-electron chi connectivity index (χ0n) is 12.7. The summed E-state index contributed by atoms with van der Waals surface area (Å²) in [4.78, 5) is 13.6. The van der Waals surface area contributed by atoms with Crippen molar-refractivity contribution in [3.63, 3.8) is 0 Å². The lowest BCUT2D eigenvalue weighted by Crippen LogP contribution is -2.45. The first kappa shape index (κ1) is 16.5. The zero-order chi connectivity index (χ0) is 15.3. The number of hydrogen-bond donors (Lipinski definition) is 1. The van der Waals surface area contributed by atoms with Crippen molar-refractivity contribution in [1.29, 1.82) is 0 Å². The predicted octanol–water partition coefficient (Wildman–Crippen LogP) is 2.83. The van der Waals surface area contributed by atoms with Crippen molar-refractivity contribution in [1.82, 2.24) is 10.3 Å². The van der Waals surface area contributed by atoms with Crippen molar-refractivity contribution in [2.24, 2.45) is 5.10 Å². The molecule has 0 unspecified atom stereocenters. The minimum absolute atomic E-state index is 0.142. The topological polar surface area (TPSA) is 53.9 Å². The number of piperidine rings is 1. The van der Waals surface area contributed by atoms with Crippen LogP contribution in [0.5, 0.6) is 0 Å². The van der Waals surface area contributed by atoms with E-state index in [-0.39, 0.29) is 17.8 Å². The molecule has 0 bridgehead atoms. The third kappa shape index (κ3) is 5.59. The van der Waals surface area contributed by atoms with Gasteiger partial charge >= 0.3 is 6.09 Å². The van der Waals surface area contributed by atoms with Gasteiger partial charge in [-0.1, -0.05) is 6.58 Å². The molecule has 20 heavy (non-hydrogen) atoms. The number of hydrazone groups is 1. The second-order valence-corrected chi connectivity index (χ2v) is 5.97. The van der Waals surface area contributed by atoms with Crippen molar-refractivity contribution in [3.8, 4) is 0 Å². The molecule has 1 aliphatic rings. The first-order chi connectivity index (χ1) is 9.19. The molecule has 0 aromatic heterocycles. The van der Waals surface area contributed by atoms with E-state index in [0.717, 1.165) is 12.8 Å². The van der Waals surface area contributed by atoms with Crippen LogP contribution in [-0.4, -0.2) is 41.4 Å². The molecule has 0 radical (unpaired) electrons. The third-order valence-corrected chi connectivity index (χ3v) is 2.95. The number of rotatable bonds is 3. The van der Waals surface area contributed by atoms with Gasteiger partial charge in [-0.2, -0.15) is 5.10 Å². The van der Waals surface area contributed by atoms with Crippen LogP contribution in [0.4, 0.5) is 9.18 Å². The summed E-state index contributed by atoms with van der Waals surface area (Å²) >= 11 is 0. The van der Waals surface area contributed by atoms with E-state index < -0.39 is 11.4 Å². The van der Waals surface area contributed by atoms with Gasteiger partial charge in [-0.3, -0.25) is 0 Å². The van der Waals surface area contributed by atoms with Crippen molar-refractivity contribution in [3.05, 3.63) is 12.4 Å². The highest BCUT2D eigenvalue weighted by atomic mass is 19.1. The van der Waals surface area contributed by atoms with Gasteiger partial charge in [0.05, 0.1) is 5.71 Å². The van der Waals surface area contributed by atoms with E-state index in [2.05, 4.69) is 17.1 Å². The Bertz CT molecular complexity index is 394. The molecule has 0 spiro atoms. The van der Waals surface area contributed by atoms with E-state index in [1.54, 1.807) is 11.8 Å². The van der Waals surface area contributed by atoms with Crippen molar-refractivity contribution >= 4 is 11.8 Å². The fourth-order valence-corrected chi connectivity index (χ4v) is 1.77. The predicted molar refractivity (Wildman–Crippen MR) is 77.3 cm³/mol. The standard InChI is InChI=1S/C14H24FN3O2/c1-10(15)11(2)16-17-12-6-8-18(9-7-12)13(19)20-14(3,4)5/h12,17H,1,6-9H2,2-5H3/b16-11+. The maximum atomic E-state index is 12.7. The second-order valence-electron chi connectivity index (χ2n) is 5.97. The molecule has 1 rings (SSSR count). The Morgan fingerprint density at radius 3 is 2.40 bits per heavy atom. The maximum Gasteiger partial charge on any atom is 0.410 e. The van der Waals surface area contributed by atoms with E-state index >= 15 is 0 Å². The number of nitrogens with zero attached hydrogens (tertiary/aromatic N) is 2. The monoisotopic (exact) mass is 285 g/mol. The third-order valence-electron chi connectivity index (χ3n) is 2.95. The van der Waals surface area contributed by atoms with E-state index in [9.17, 15) is 9.18 Å². The normalized spacial score (nSPS) is 17.9. The van der Waals surface area contributed by atoms with E-state index in [0.29, 0.717) is 13.1 Å². The first-order valence-electron chi connectivity index (χ1n) is 6.81. The molecule has 1 amide bonds. The Labute approximate surface area is 119 Å². The molecule has 5 nitrogen and oxygen atoms in total. The molecule has 0 aromatic carbocycles. The summed E-state index contributed by atoms with van der Waals surface area (Å²) in [6.45, 7) is 11.5. The SMILES string of the molecule is C=C(F)/C(C)=N/NC1CCN(C(=O)OC(C)(C)C)CC1. The van der Waals surface area contributed by atoms with Crippen molar-refractivity contribution in [2.75, 3.05) is 13.1 Å². The number of amides is 1. The lowest BCUT2D eigenvalue weighted by molar-refractivity contribution is 0.0198. The average molecular weight is 285 g/mol. The van der Waals surface area contributed by atoms with E-state index in [4.69, 9.17) is 4.74 Å². The van der Waals surface area contributed by atoms with Gasteiger partial charge in [0.25, 0.3) is 0 Å². The van der Waals surface area contributed by atoms with Gasteiger partial charge < -0.3 is 15.1 Å². The summed E-state index contributed by atoms with van der Waals surface area (Å²) < 4.78 is 18.1. The number of hydrogen-bond acceptors (Lipinski definition) is 4. The average Bonchev–Trinajstić information content (AvgIpc) is 2.34. The molecule has 114 valence electrons. The summed E-state index contributed by atoms with van der Waals surface area (Å²) in [5.74, 6) is -0.538. The van der Waals surface area contributed by atoms with Crippen molar-refractivity contribution in [2.45, 2.75) is 52.2 Å². The molecule has 1 aliphatic heterocycles. The zero-order valence-corrected chi connectivity index (χ0v) is 12.7. The van der Waals surface area contributed by atoms with Crippen LogP contribution in [0.1, 0.15) is 40.5 Å². The molecule has 1 heterocycles. The van der Waals surface area contributed by atoms with Gasteiger partial charge in [-0.25, -0.2) is 9.18 Å². The molecule has 1 fully saturated rings. The van der Waals surface area contributed by atoms with Crippen LogP contribution in [-0.2, 0) is 4.74 Å². The number of allylic oxidation sites excluding steroid dienone is 1. The first-order valence-corrected chi connectivity index (χ1v) is 6.81. The number of carbonyl (C=O) groups is 1. The number of ether oxygens (including phenoxy) is 1. The van der Waals surface area contributed by atoms with Gasteiger partial charge in [-0.05, 0) is 40.5 Å². The molecule has 1 N–H and O–H groups in total. The Kier molecular flexibility index (Phi) is 5.53. The molecule has 0 aromatic rings. The highest BCUT2D eigenvalue weighted by Crippen LogP contribution is 2.15. The Hall–Kier alpha value is -1.59. The number of likely N-dealkylation sites (tertiary alicyclic amines) is 1. The van der Waals surface area contributed by atoms with Crippen LogP contribution < -0.4 is 5.43 Å². The Morgan fingerprint density at radius 1 is 1.40 bits per heavy atom. The van der Waals surface area contributed by atoms with Crippen LogP contribution in [0, 0.1) is 0 Å². The lowest BCUT2D eigenvalue weighted by atomic mass is 10.1. The summed E-state index contributed by atoms with van der Waals surface area (Å²) in [5, 5.41) is 3.93.